The van der Waals surface area contributed by atoms with Gasteiger partial charge in [0, 0.05) is 12.0 Å². The molecule has 1 nitrogen and oxygen atoms in total. The van der Waals surface area contributed by atoms with Crippen LogP contribution in [0.1, 0.15) is 31.4 Å². The molecular formula is C23H26N+. The van der Waals surface area contributed by atoms with Gasteiger partial charge in [0.2, 0.25) is 0 Å². The summed E-state index contributed by atoms with van der Waals surface area (Å²) >= 11 is 0. The Morgan fingerprint density at radius 2 is 1.33 bits per heavy atom. The van der Waals surface area contributed by atoms with Crippen LogP contribution < -0.4 is 0 Å². The van der Waals surface area contributed by atoms with E-state index in [9.17, 15) is 0 Å². The Labute approximate surface area is 144 Å². The maximum Gasteiger partial charge on any atom is 0.115 e. The standard InChI is InChI=1S/C23H26N/c1-5-7-21(24(2,3)4)19-14-12-18-11-10-16-8-6-9-17-13-15-20(19)23(18)22(16)17/h6,8-15,21H,5,7H2,1-4H3/q+1. The van der Waals surface area contributed by atoms with Crippen LogP contribution in [-0.4, -0.2) is 25.6 Å². The fourth-order valence-electron chi connectivity index (χ4n) is 4.28. The van der Waals surface area contributed by atoms with Gasteiger partial charge in [0.25, 0.3) is 0 Å². The predicted octanol–water partition coefficient (Wildman–Crippen LogP) is 6.13. The molecule has 0 saturated heterocycles. The quantitative estimate of drug-likeness (QED) is 0.314. The molecule has 0 aliphatic heterocycles. The largest absolute Gasteiger partial charge is 0.325 e. The maximum absolute atomic E-state index is 2.37. The van der Waals surface area contributed by atoms with Crippen molar-refractivity contribution in [2.24, 2.45) is 0 Å². The lowest BCUT2D eigenvalue weighted by molar-refractivity contribution is -0.902. The average Bonchev–Trinajstić information content (AvgIpc) is 2.57. The molecule has 0 amide bonds. The van der Waals surface area contributed by atoms with E-state index in [1.807, 2.05) is 0 Å². The average molecular weight is 316 g/mol. The lowest BCUT2D eigenvalue weighted by Crippen LogP contribution is -2.38. The summed E-state index contributed by atoms with van der Waals surface area (Å²) in [6, 6.07) is 21.0. The van der Waals surface area contributed by atoms with Gasteiger partial charge in [-0.05, 0) is 32.3 Å². The summed E-state index contributed by atoms with van der Waals surface area (Å²) in [7, 11) is 6.95. The summed E-state index contributed by atoms with van der Waals surface area (Å²) in [4.78, 5) is 0. The zero-order chi connectivity index (χ0) is 16.9. The van der Waals surface area contributed by atoms with Crippen molar-refractivity contribution in [2.45, 2.75) is 25.8 Å². The van der Waals surface area contributed by atoms with Gasteiger partial charge in [-0.3, -0.25) is 0 Å². The minimum absolute atomic E-state index is 0.527. The van der Waals surface area contributed by atoms with Crippen LogP contribution in [0, 0.1) is 0 Å². The molecule has 1 unspecified atom stereocenters. The molecule has 1 heteroatoms. The minimum Gasteiger partial charge on any atom is -0.325 e. The molecular weight excluding hydrogens is 290 g/mol. The third-order valence-corrected chi connectivity index (χ3v) is 5.42. The van der Waals surface area contributed by atoms with Crippen molar-refractivity contribution in [2.75, 3.05) is 21.1 Å². The number of rotatable bonds is 4. The van der Waals surface area contributed by atoms with E-state index in [0.717, 1.165) is 4.48 Å². The van der Waals surface area contributed by atoms with E-state index in [1.54, 1.807) is 0 Å². The van der Waals surface area contributed by atoms with Crippen molar-refractivity contribution in [1.29, 1.82) is 0 Å². The summed E-state index contributed by atoms with van der Waals surface area (Å²) in [5, 5.41) is 8.35. The van der Waals surface area contributed by atoms with Crippen molar-refractivity contribution in [3.05, 3.63) is 60.2 Å². The fraction of sp³-hybridized carbons (Fsp3) is 0.304. The number of benzene rings is 4. The van der Waals surface area contributed by atoms with E-state index < -0.39 is 0 Å². The van der Waals surface area contributed by atoms with Gasteiger partial charge < -0.3 is 4.48 Å². The lowest BCUT2D eigenvalue weighted by Gasteiger charge is -2.35. The van der Waals surface area contributed by atoms with Gasteiger partial charge in [0.1, 0.15) is 6.04 Å². The zero-order valence-electron chi connectivity index (χ0n) is 15.1. The van der Waals surface area contributed by atoms with E-state index in [4.69, 9.17) is 0 Å². The highest BCUT2D eigenvalue weighted by Gasteiger charge is 2.27. The molecule has 4 aromatic carbocycles. The molecule has 0 radical (unpaired) electrons. The Bertz CT molecular complexity index is 991. The van der Waals surface area contributed by atoms with E-state index in [-0.39, 0.29) is 0 Å². The smallest absolute Gasteiger partial charge is 0.115 e. The van der Waals surface area contributed by atoms with E-state index in [1.165, 1.54) is 50.7 Å². The molecule has 1 atom stereocenters. The second-order valence-electron chi connectivity index (χ2n) is 7.93. The molecule has 4 aromatic rings. The first kappa shape index (κ1) is 15.4. The van der Waals surface area contributed by atoms with Crippen molar-refractivity contribution in [3.8, 4) is 0 Å². The van der Waals surface area contributed by atoms with Crippen molar-refractivity contribution in [3.63, 3.8) is 0 Å². The van der Waals surface area contributed by atoms with Crippen molar-refractivity contribution in [1.82, 2.24) is 0 Å². The fourth-order valence-corrected chi connectivity index (χ4v) is 4.28. The van der Waals surface area contributed by atoms with Crippen molar-refractivity contribution < 1.29 is 4.48 Å². The summed E-state index contributed by atoms with van der Waals surface area (Å²) < 4.78 is 0.970. The molecule has 0 aliphatic carbocycles. The number of hydrogen-bond acceptors (Lipinski definition) is 0. The van der Waals surface area contributed by atoms with Crippen LogP contribution in [0.2, 0.25) is 0 Å². The van der Waals surface area contributed by atoms with Gasteiger partial charge in [-0.15, -0.1) is 0 Å². The van der Waals surface area contributed by atoms with Crippen LogP contribution in [-0.2, 0) is 0 Å². The highest BCUT2D eigenvalue weighted by atomic mass is 15.3. The van der Waals surface area contributed by atoms with E-state index in [0.29, 0.717) is 6.04 Å². The Hall–Kier alpha value is -2.12. The maximum atomic E-state index is 2.37. The second-order valence-corrected chi connectivity index (χ2v) is 7.93. The number of quaternary nitrogens is 1. The molecule has 0 N–H and O–H groups in total. The summed E-state index contributed by atoms with van der Waals surface area (Å²) in [6.07, 6.45) is 2.43. The molecule has 0 aliphatic rings. The molecule has 122 valence electrons. The second kappa shape index (κ2) is 5.46. The first-order valence-corrected chi connectivity index (χ1v) is 8.98. The van der Waals surface area contributed by atoms with Gasteiger partial charge in [-0.1, -0.05) is 67.9 Å². The van der Waals surface area contributed by atoms with Gasteiger partial charge >= 0.3 is 0 Å². The monoisotopic (exact) mass is 316 g/mol. The third-order valence-electron chi connectivity index (χ3n) is 5.42. The lowest BCUT2D eigenvalue weighted by atomic mass is 9.88. The van der Waals surface area contributed by atoms with Crippen LogP contribution in [0.25, 0.3) is 32.3 Å². The predicted molar refractivity (Wildman–Crippen MR) is 106 cm³/mol. The summed E-state index contributed by atoms with van der Waals surface area (Å²) in [5.41, 5.74) is 1.50. The molecule has 0 heterocycles. The SMILES string of the molecule is CCCC(c1ccc2ccc3cccc4ccc1c2c34)[N+](C)(C)C. The summed E-state index contributed by atoms with van der Waals surface area (Å²) in [5.74, 6) is 0. The molecule has 0 bridgehead atoms. The van der Waals surface area contributed by atoms with Crippen molar-refractivity contribution >= 4 is 32.3 Å². The minimum atomic E-state index is 0.527. The topological polar surface area (TPSA) is 0 Å². The first-order valence-electron chi connectivity index (χ1n) is 8.98. The van der Waals surface area contributed by atoms with Gasteiger partial charge in [-0.25, -0.2) is 0 Å². The Kier molecular flexibility index (Phi) is 3.51. The van der Waals surface area contributed by atoms with Gasteiger partial charge in [0.05, 0.1) is 21.1 Å². The molecule has 0 fully saturated rings. The molecule has 4 rings (SSSR count). The Balaban J connectivity index is 2.10. The molecule has 0 saturated carbocycles. The number of hydrogen-bond donors (Lipinski definition) is 0. The van der Waals surface area contributed by atoms with E-state index in [2.05, 4.69) is 82.7 Å². The third kappa shape index (κ3) is 2.27. The van der Waals surface area contributed by atoms with Crippen LogP contribution in [0.3, 0.4) is 0 Å². The number of nitrogens with zero attached hydrogens (tertiary/aromatic N) is 1. The van der Waals surface area contributed by atoms with Crippen LogP contribution in [0.15, 0.2) is 54.6 Å². The highest BCUT2D eigenvalue weighted by molar-refractivity contribution is 6.23. The van der Waals surface area contributed by atoms with Crippen LogP contribution in [0.4, 0.5) is 0 Å². The van der Waals surface area contributed by atoms with Crippen LogP contribution >= 0.6 is 0 Å². The van der Waals surface area contributed by atoms with E-state index >= 15 is 0 Å². The molecule has 0 aromatic heterocycles. The Morgan fingerprint density at radius 3 is 1.96 bits per heavy atom. The van der Waals surface area contributed by atoms with Gasteiger partial charge in [-0.2, -0.15) is 0 Å². The van der Waals surface area contributed by atoms with Crippen LogP contribution in [0.5, 0.6) is 0 Å². The first-order chi connectivity index (χ1) is 11.5. The normalized spacial score (nSPS) is 14.0. The molecule has 0 spiro atoms. The Morgan fingerprint density at radius 1 is 0.750 bits per heavy atom. The van der Waals surface area contributed by atoms with Gasteiger partial charge in [0.15, 0.2) is 0 Å². The molecule has 24 heavy (non-hydrogen) atoms. The summed E-state index contributed by atoms with van der Waals surface area (Å²) in [6.45, 7) is 2.29. The highest BCUT2D eigenvalue weighted by Crippen LogP contribution is 2.40. The zero-order valence-corrected chi connectivity index (χ0v) is 15.1.